The van der Waals surface area contributed by atoms with E-state index in [9.17, 15) is 18.0 Å². The minimum atomic E-state index is -4.20. The van der Waals surface area contributed by atoms with Gasteiger partial charge in [0.05, 0.1) is 17.2 Å². The molecule has 252 valence electrons. The van der Waals surface area contributed by atoms with Crippen molar-refractivity contribution in [3.05, 3.63) is 125 Å². The first-order valence-electron chi connectivity index (χ1n) is 16.4. The summed E-state index contributed by atoms with van der Waals surface area (Å²) in [6.45, 7) is 1.92. The summed E-state index contributed by atoms with van der Waals surface area (Å²) in [7, 11) is -4.20. The number of para-hydroxylation sites is 1. The van der Waals surface area contributed by atoms with Crippen molar-refractivity contribution in [2.75, 3.05) is 17.5 Å². The number of rotatable bonds is 14. The molecular weight excluding hydrogens is 690 g/mol. The summed E-state index contributed by atoms with van der Waals surface area (Å²) in [5, 5.41) is 3.24. The number of hydrogen-bond donors (Lipinski definition) is 1. The van der Waals surface area contributed by atoms with Crippen LogP contribution in [0.1, 0.15) is 50.2 Å². The van der Waals surface area contributed by atoms with Gasteiger partial charge in [0.1, 0.15) is 18.3 Å². The highest BCUT2D eigenvalue weighted by Crippen LogP contribution is 2.27. The van der Waals surface area contributed by atoms with Crippen LogP contribution in [0.4, 0.5) is 5.69 Å². The van der Waals surface area contributed by atoms with Gasteiger partial charge in [-0.1, -0.05) is 95.9 Å². The van der Waals surface area contributed by atoms with Gasteiger partial charge in [-0.15, -0.1) is 0 Å². The van der Waals surface area contributed by atoms with E-state index in [1.54, 1.807) is 42.5 Å². The van der Waals surface area contributed by atoms with Crippen LogP contribution in [0.5, 0.6) is 5.75 Å². The van der Waals surface area contributed by atoms with E-state index in [4.69, 9.17) is 4.74 Å². The van der Waals surface area contributed by atoms with Crippen LogP contribution >= 0.6 is 15.9 Å². The average molecular weight is 733 g/mol. The third-order valence-electron chi connectivity index (χ3n) is 8.53. The van der Waals surface area contributed by atoms with Gasteiger partial charge in [-0.2, -0.15) is 0 Å². The molecule has 0 spiro atoms. The Morgan fingerprint density at radius 3 is 2.08 bits per heavy atom. The molecule has 0 heterocycles. The molecule has 1 aliphatic carbocycles. The Labute approximate surface area is 292 Å². The third kappa shape index (κ3) is 9.26. The van der Waals surface area contributed by atoms with Crippen molar-refractivity contribution >= 4 is 43.5 Å². The van der Waals surface area contributed by atoms with E-state index in [1.807, 2.05) is 61.5 Å². The lowest BCUT2D eigenvalue weighted by atomic mass is 9.94. The first-order valence-corrected chi connectivity index (χ1v) is 18.7. The Kier molecular flexibility index (Phi) is 12.3. The average Bonchev–Trinajstić information content (AvgIpc) is 3.11. The fourth-order valence-electron chi connectivity index (χ4n) is 6.01. The number of sulfonamides is 1. The number of carbonyl (C=O) groups is 2. The quantitative estimate of drug-likeness (QED) is 0.149. The number of benzene rings is 4. The van der Waals surface area contributed by atoms with Crippen LogP contribution in [0.2, 0.25) is 0 Å². The molecule has 0 aliphatic heterocycles. The molecule has 0 unspecified atom stereocenters. The van der Waals surface area contributed by atoms with Gasteiger partial charge in [0.2, 0.25) is 11.8 Å². The van der Waals surface area contributed by atoms with E-state index in [2.05, 4.69) is 21.2 Å². The topological polar surface area (TPSA) is 96.0 Å². The fourth-order valence-corrected chi connectivity index (χ4v) is 7.69. The van der Waals surface area contributed by atoms with Crippen molar-refractivity contribution in [1.82, 2.24) is 10.2 Å². The van der Waals surface area contributed by atoms with Crippen molar-refractivity contribution in [2.24, 2.45) is 0 Å². The SMILES string of the molecule is CCOc1ccc(S(=O)(=O)N(CC(=O)N(Cc2ccc(Br)cc2)[C@H](Cc2ccccc2)C(=O)NC2CCCCC2)c2ccccc2)cc1. The number of amides is 2. The maximum absolute atomic E-state index is 14.7. The predicted octanol–water partition coefficient (Wildman–Crippen LogP) is 7.13. The molecule has 5 rings (SSSR count). The Balaban J connectivity index is 1.53. The largest absolute Gasteiger partial charge is 0.494 e. The minimum absolute atomic E-state index is 0.0259. The normalized spacial score (nSPS) is 14.1. The third-order valence-corrected chi connectivity index (χ3v) is 10.9. The van der Waals surface area contributed by atoms with Crippen molar-refractivity contribution in [1.29, 1.82) is 0 Å². The number of ether oxygens (including phenoxy) is 1. The molecule has 1 fully saturated rings. The second-order valence-electron chi connectivity index (χ2n) is 11.9. The van der Waals surface area contributed by atoms with Gasteiger partial charge in [0.25, 0.3) is 10.0 Å². The summed E-state index contributed by atoms with van der Waals surface area (Å²) in [4.78, 5) is 30.4. The highest BCUT2D eigenvalue weighted by molar-refractivity contribution is 9.10. The van der Waals surface area contributed by atoms with Crippen LogP contribution in [-0.4, -0.2) is 50.4 Å². The maximum atomic E-state index is 14.7. The highest BCUT2D eigenvalue weighted by Gasteiger charge is 2.35. The number of nitrogens with zero attached hydrogens (tertiary/aromatic N) is 2. The van der Waals surface area contributed by atoms with Crippen molar-refractivity contribution in [2.45, 2.75) is 69.0 Å². The molecule has 48 heavy (non-hydrogen) atoms. The fraction of sp³-hybridized carbons (Fsp3) is 0.316. The Morgan fingerprint density at radius 2 is 1.46 bits per heavy atom. The molecule has 8 nitrogen and oxygen atoms in total. The summed E-state index contributed by atoms with van der Waals surface area (Å²) in [6, 6.07) is 31.1. The van der Waals surface area contributed by atoms with E-state index in [0.29, 0.717) is 18.0 Å². The van der Waals surface area contributed by atoms with Crippen LogP contribution in [0.25, 0.3) is 0 Å². The molecule has 1 atom stereocenters. The van der Waals surface area contributed by atoms with Gasteiger partial charge in [-0.3, -0.25) is 13.9 Å². The lowest BCUT2D eigenvalue weighted by Gasteiger charge is -2.35. The zero-order valence-electron chi connectivity index (χ0n) is 27.1. The number of nitrogens with one attached hydrogen (secondary N) is 1. The molecule has 0 aromatic heterocycles. The van der Waals surface area contributed by atoms with Crippen molar-refractivity contribution in [3.8, 4) is 5.75 Å². The number of anilines is 1. The van der Waals surface area contributed by atoms with Crippen LogP contribution in [0.3, 0.4) is 0 Å². The molecular formula is C38H42BrN3O5S. The van der Waals surface area contributed by atoms with Gasteiger partial charge in [0.15, 0.2) is 0 Å². The molecule has 1 saturated carbocycles. The molecule has 0 radical (unpaired) electrons. The van der Waals surface area contributed by atoms with Crippen LogP contribution < -0.4 is 14.4 Å². The van der Waals surface area contributed by atoms with E-state index in [1.165, 1.54) is 17.0 Å². The van der Waals surface area contributed by atoms with E-state index < -0.39 is 28.5 Å². The van der Waals surface area contributed by atoms with Gasteiger partial charge >= 0.3 is 0 Å². The molecule has 2 amide bonds. The number of halogens is 1. The molecule has 0 saturated heterocycles. The maximum Gasteiger partial charge on any atom is 0.264 e. The first kappa shape index (κ1) is 35.2. The second-order valence-corrected chi connectivity index (χ2v) is 14.7. The van der Waals surface area contributed by atoms with E-state index in [0.717, 1.165) is 52.0 Å². The Hall–Kier alpha value is -4.15. The lowest BCUT2D eigenvalue weighted by Crippen LogP contribution is -2.55. The van der Waals surface area contributed by atoms with Crippen LogP contribution in [-0.2, 0) is 32.6 Å². The number of hydrogen-bond acceptors (Lipinski definition) is 5. The van der Waals surface area contributed by atoms with Crippen LogP contribution in [0, 0.1) is 0 Å². The zero-order chi connectivity index (χ0) is 33.9. The van der Waals surface area contributed by atoms with Gasteiger partial charge in [0, 0.05) is 23.5 Å². The molecule has 1 aliphatic rings. The summed E-state index contributed by atoms with van der Waals surface area (Å²) in [6.07, 6.45) is 5.31. The molecule has 4 aromatic carbocycles. The lowest BCUT2D eigenvalue weighted by molar-refractivity contribution is -0.140. The molecule has 0 bridgehead atoms. The smallest absolute Gasteiger partial charge is 0.264 e. The summed E-state index contributed by atoms with van der Waals surface area (Å²) >= 11 is 3.48. The first-order chi connectivity index (χ1) is 23.2. The molecule has 4 aromatic rings. The molecule has 1 N–H and O–H groups in total. The van der Waals surface area contributed by atoms with E-state index >= 15 is 0 Å². The van der Waals surface area contributed by atoms with Gasteiger partial charge in [-0.05, 0) is 79.4 Å². The standard InChI is InChI=1S/C38H42BrN3O5S/c1-2-47-34-22-24-35(25-23-34)48(45,46)42(33-16-10-5-11-17-33)28-37(43)41(27-30-18-20-31(39)21-19-30)36(26-29-12-6-3-7-13-29)38(44)40-32-14-8-4-9-15-32/h3,5-7,10-13,16-25,32,36H,2,4,8-9,14-15,26-28H2,1H3,(H,40,44)/t36-/m1/s1. The van der Waals surface area contributed by atoms with Crippen LogP contribution in [0.15, 0.2) is 119 Å². The summed E-state index contributed by atoms with van der Waals surface area (Å²) in [5.74, 6) is -0.181. The summed E-state index contributed by atoms with van der Waals surface area (Å²) < 4.78 is 36.0. The van der Waals surface area contributed by atoms with Gasteiger partial charge in [-0.25, -0.2) is 8.42 Å². The predicted molar refractivity (Wildman–Crippen MR) is 192 cm³/mol. The van der Waals surface area contributed by atoms with Crippen molar-refractivity contribution in [3.63, 3.8) is 0 Å². The zero-order valence-corrected chi connectivity index (χ0v) is 29.5. The van der Waals surface area contributed by atoms with Gasteiger partial charge < -0.3 is 15.0 Å². The summed E-state index contributed by atoms with van der Waals surface area (Å²) in [5.41, 5.74) is 2.06. The highest BCUT2D eigenvalue weighted by atomic mass is 79.9. The monoisotopic (exact) mass is 731 g/mol. The second kappa shape index (κ2) is 16.8. The molecule has 10 heteroatoms. The Morgan fingerprint density at radius 1 is 0.833 bits per heavy atom. The number of carbonyl (C=O) groups excluding carboxylic acids is 2. The Bertz CT molecular complexity index is 1730. The minimum Gasteiger partial charge on any atom is -0.494 e. The van der Waals surface area contributed by atoms with Crippen molar-refractivity contribution < 1.29 is 22.7 Å². The van der Waals surface area contributed by atoms with E-state index in [-0.39, 0.29) is 29.8 Å².